The highest BCUT2D eigenvalue weighted by Gasteiger charge is 2.17. The van der Waals surface area contributed by atoms with Crippen molar-refractivity contribution < 1.29 is 4.79 Å². The smallest absolute Gasteiger partial charge is 0.234 e. The first kappa shape index (κ1) is 13.0. The van der Waals surface area contributed by atoms with Gasteiger partial charge in [0.1, 0.15) is 0 Å². The van der Waals surface area contributed by atoms with Gasteiger partial charge in [-0.25, -0.2) is 0 Å². The topological polar surface area (TPSA) is 44.4 Å². The molecule has 0 aliphatic carbocycles. The van der Waals surface area contributed by atoms with Gasteiger partial charge in [0.2, 0.25) is 5.91 Å². The first-order chi connectivity index (χ1) is 7.74. The fourth-order valence-electron chi connectivity index (χ4n) is 1.88. The van der Waals surface area contributed by atoms with Crippen LogP contribution in [0, 0.1) is 12.3 Å². The fraction of sp³-hybridized carbons (Fsp3) is 0.750. The first-order valence-corrected chi connectivity index (χ1v) is 5.89. The summed E-state index contributed by atoms with van der Waals surface area (Å²) in [6.07, 6.45) is 7.63. The van der Waals surface area contributed by atoms with E-state index in [9.17, 15) is 4.79 Å². The molecule has 4 heteroatoms. The summed E-state index contributed by atoms with van der Waals surface area (Å²) in [6.45, 7) is 5.93. The zero-order valence-electron chi connectivity index (χ0n) is 9.96. The molecule has 1 aliphatic heterocycles. The van der Waals surface area contributed by atoms with E-state index in [2.05, 4.69) is 28.4 Å². The predicted octanol–water partition coefficient (Wildman–Crippen LogP) is -0.190. The SMILES string of the molecule is C#CCNCC(=O)NCC(C)N1CCCC1. The number of amides is 1. The van der Waals surface area contributed by atoms with Crippen molar-refractivity contribution in [3.05, 3.63) is 0 Å². The van der Waals surface area contributed by atoms with Crippen LogP contribution in [0.5, 0.6) is 0 Å². The molecule has 0 bridgehead atoms. The Hall–Kier alpha value is -1.05. The lowest BCUT2D eigenvalue weighted by atomic mass is 10.3. The summed E-state index contributed by atoms with van der Waals surface area (Å²) >= 11 is 0. The van der Waals surface area contributed by atoms with Gasteiger partial charge in [-0.15, -0.1) is 6.42 Å². The molecule has 1 atom stereocenters. The molecular formula is C12H21N3O. The van der Waals surface area contributed by atoms with Gasteiger partial charge < -0.3 is 5.32 Å². The molecule has 2 N–H and O–H groups in total. The predicted molar refractivity (Wildman–Crippen MR) is 65.0 cm³/mol. The zero-order chi connectivity index (χ0) is 11.8. The second-order valence-corrected chi connectivity index (χ2v) is 4.20. The largest absolute Gasteiger partial charge is 0.353 e. The Bertz CT molecular complexity index is 253. The van der Waals surface area contributed by atoms with E-state index < -0.39 is 0 Å². The normalized spacial score (nSPS) is 18.0. The van der Waals surface area contributed by atoms with Crippen molar-refractivity contribution >= 4 is 5.91 Å². The lowest BCUT2D eigenvalue weighted by Crippen LogP contribution is -2.43. The maximum Gasteiger partial charge on any atom is 0.234 e. The van der Waals surface area contributed by atoms with Gasteiger partial charge in [0.15, 0.2) is 0 Å². The molecule has 0 aromatic heterocycles. The van der Waals surface area contributed by atoms with Gasteiger partial charge in [-0.05, 0) is 32.9 Å². The van der Waals surface area contributed by atoms with Gasteiger partial charge in [-0.3, -0.25) is 15.0 Å². The summed E-state index contributed by atoms with van der Waals surface area (Å²) in [5, 5.41) is 5.77. The molecule has 1 rings (SSSR count). The van der Waals surface area contributed by atoms with Gasteiger partial charge in [0.25, 0.3) is 0 Å². The first-order valence-electron chi connectivity index (χ1n) is 5.89. The second-order valence-electron chi connectivity index (χ2n) is 4.20. The summed E-state index contributed by atoms with van der Waals surface area (Å²) in [5.74, 6) is 2.45. The van der Waals surface area contributed by atoms with Crippen molar-refractivity contribution in [1.29, 1.82) is 0 Å². The molecule has 1 aliphatic rings. The summed E-state index contributed by atoms with van der Waals surface area (Å²) in [4.78, 5) is 13.8. The zero-order valence-corrected chi connectivity index (χ0v) is 9.96. The van der Waals surface area contributed by atoms with Gasteiger partial charge >= 0.3 is 0 Å². The van der Waals surface area contributed by atoms with Crippen molar-refractivity contribution in [3.63, 3.8) is 0 Å². The molecule has 1 unspecified atom stereocenters. The van der Waals surface area contributed by atoms with Gasteiger partial charge in [-0.1, -0.05) is 5.92 Å². The molecule has 16 heavy (non-hydrogen) atoms. The quantitative estimate of drug-likeness (QED) is 0.484. The number of hydrogen-bond donors (Lipinski definition) is 2. The lowest BCUT2D eigenvalue weighted by molar-refractivity contribution is -0.120. The van der Waals surface area contributed by atoms with E-state index in [1.54, 1.807) is 0 Å². The summed E-state index contributed by atoms with van der Waals surface area (Å²) in [5.41, 5.74) is 0. The lowest BCUT2D eigenvalue weighted by Gasteiger charge is -2.23. The van der Waals surface area contributed by atoms with Crippen LogP contribution in [0.3, 0.4) is 0 Å². The van der Waals surface area contributed by atoms with Crippen LogP contribution in [0.1, 0.15) is 19.8 Å². The molecular weight excluding hydrogens is 202 g/mol. The van der Waals surface area contributed by atoms with E-state index in [1.807, 2.05) is 0 Å². The molecule has 1 heterocycles. The summed E-state index contributed by atoms with van der Waals surface area (Å²) in [6, 6.07) is 0.430. The molecule has 0 spiro atoms. The van der Waals surface area contributed by atoms with Crippen molar-refractivity contribution in [2.24, 2.45) is 0 Å². The van der Waals surface area contributed by atoms with Gasteiger partial charge in [0.05, 0.1) is 13.1 Å². The molecule has 0 aromatic carbocycles. The molecule has 0 saturated carbocycles. The summed E-state index contributed by atoms with van der Waals surface area (Å²) in [7, 11) is 0. The molecule has 1 amide bonds. The molecule has 0 aromatic rings. The Morgan fingerprint density at radius 2 is 2.19 bits per heavy atom. The van der Waals surface area contributed by atoms with E-state index in [-0.39, 0.29) is 5.91 Å². The van der Waals surface area contributed by atoms with E-state index >= 15 is 0 Å². The van der Waals surface area contributed by atoms with Crippen LogP contribution in [-0.4, -0.2) is 49.6 Å². The van der Waals surface area contributed by atoms with Gasteiger partial charge in [0, 0.05) is 12.6 Å². The molecule has 4 nitrogen and oxygen atoms in total. The van der Waals surface area contributed by atoms with Crippen LogP contribution in [-0.2, 0) is 4.79 Å². The summed E-state index contributed by atoms with van der Waals surface area (Å²) < 4.78 is 0. The van der Waals surface area contributed by atoms with E-state index in [0.29, 0.717) is 19.1 Å². The minimum absolute atomic E-state index is 0.0151. The molecule has 90 valence electrons. The third kappa shape index (κ3) is 4.65. The van der Waals surface area contributed by atoms with Crippen LogP contribution >= 0.6 is 0 Å². The fourth-order valence-corrected chi connectivity index (χ4v) is 1.88. The van der Waals surface area contributed by atoms with E-state index in [0.717, 1.165) is 19.6 Å². The minimum Gasteiger partial charge on any atom is -0.353 e. The van der Waals surface area contributed by atoms with Crippen LogP contribution < -0.4 is 10.6 Å². The number of likely N-dealkylation sites (tertiary alicyclic amines) is 1. The Balaban J connectivity index is 2.08. The minimum atomic E-state index is 0.0151. The number of rotatable bonds is 6. The Morgan fingerprint density at radius 3 is 2.81 bits per heavy atom. The average Bonchev–Trinajstić information content (AvgIpc) is 2.79. The number of terminal acetylenes is 1. The standard InChI is InChI=1S/C12H21N3O/c1-3-6-13-10-12(16)14-9-11(2)15-7-4-5-8-15/h1,11,13H,4-10H2,2H3,(H,14,16). The van der Waals surface area contributed by atoms with Crippen LogP contribution in [0.2, 0.25) is 0 Å². The number of nitrogens with zero attached hydrogens (tertiary/aromatic N) is 1. The molecule has 0 radical (unpaired) electrons. The Labute approximate surface area is 97.8 Å². The van der Waals surface area contributed by atoms with Crippen molar-refractivity contribution in [2.75, 3.05) is 32.7 Å². The average molecular weight is 223 g/mol. The third-order valence-electron chi connectivity index (χ3n) is 2.87. The Kier molecular flexibility index (Phi) is 5.91. The maximum absolute atomic E-state index is 11.4. The van der Waals surface area contributed by atoms with Gasteiger partial charge in [-0.2, -0.15) is 0 Å². The highest BCUT2D eigenvalue weighted by Crippen LogP contribution is 2.10. The highest BCUT2D eigenvalue weighted by atomic mass is 16.1. The van der Waals surface area contributed by atoms with Crippen molar-refractivity contribution in [3.8, 4) is 12.3 Å². The van der Waals surface area contributed by atoms with E-state index in [1.165, 1.54) is 12.8 Å². The number of carbonyl (C=O) groups excluding carboxylic acids is 1. The van der Waals surface area contributed by atoms with Crippen molar-refractivity contribution in [2.45, 2.75) is 25.8 Å². The second kappa shape index (κ2) is 7.26. The third-order valence-corrected chi connectivity index (χ3v) is 2.87. The molecule has 1 saturated heterocycles. The van der Waals surface area contributed by atoms with Crippen LogP contribution in [0.15, 0.2) is 0 Å². The molecule has 1 fully saturated rings. The highest BCUT2D eigenvalue weighted by molar-refractivity contribution is 5.78. The van der Waals surface area contributed by atoms with Crippen molar-refractivity contribution in [1.82, 2.24) is 15.5 Å². The number of nitrogens with one attached hydrogen (secondary N) is 2. The maximum atomic E-state index is 11.4. The van der Waals surface area contributed by atoms with Crippen LogP contribution in [0.4, 0.5) is 0 Å². The van der Waals surface area contributed by atoms with E-state index in [4.69, 9.17) is 6.42 Å². The monoisotopic (exact) mass is 223 g/mol. The number of carbonyl (C=O) groups is 1. The Morgan fingerprint density at radius 1 is 1.50 bits per heavy atom. The van der Waals surface area contributed by atoms with Crippen LogP contribution in [0.25, 0.3) is 0 Å². The number of hydrogen-bond acceptors (Lipinski definition) is 3.